The van der Waals surface area contributed by atoms with E-state index in [1.54, 1.807) is 36.6 Å². The maximum atomic E-state index is 14.1. The molecule has 36 heavy (non-hydrogen) atoms. The lowest BCUT2D eigenvalue weighted by Gasteiger charge is -2.06. The van der Waals surface area contributed by atoms with E-state index in [2.05, 4.69) is 10.5 Å². The van der Waals surface area contributed by atoms with Crippen LogP contribution in [0.4, 0.5) is 10.1 Å². The number of nitrogens with zero attached hydrogens (tertiary/aromatic N) is 2. The van der Waals surface area contributed by atoms with E-state index >= 15 is 0 Å². The largest absolute Gasteiger partial charge is 0.278 e. The van der Waals surface area contributed by atoms with E-state index in [0.29, 0.717) is 11.1 Å². The highest BCUT2D eigenvalue weighted by Crippen LogP contribution is 2.43. The lowest BCUT2D eigenvalue weighted by Crippen LogP contribution is -2.17. The standard InChI is InChI=1S/C27H22FN3O4S/c1-17-23(13-18-7-10-21(11-8-18)36(2)35)22-12-9-20(28)14-25(22)24(17)15-27(32)30-29-16-19-5-3-4-6-26(19)31(33)34/h3-14,16H,15H2,1-2H3,(H,30,32)/b23-13-,29-16-. The Balaban J connectivity index is 1.59. The van der Waals surface area contributed by atoms with Crippen LogP contribution in [0.25, 0.3) is 17.2 Å². The van der Waals surface area contributed by atoms with Gasteiger partial charge in [0.05, 0.1) is 23.1 Å². The third-order valence-corrected chi connectivity index (χ3v) is 6.78. The van der Waals surface area contributed by atoms with Crippen molar-refractivity contribution in [3.8, 4) is 0 Å². The van der Waals surface area contributed by atoms with Crippen LogP contribution in [0, 0.1) is 15.9 Å². The second-order valence-corrected chi connectivity index (χ2v) is 9.54. The van der Waals surface area contributed by atoms with Gasteiger partial charge < -0.3 is 0 Å². The predicted octanol–water partition coefficient (Wildman–Crippen LogP) is 5.34. The molecule has 0 fully saturated rings. The number of allylic oxidation sites excluding steroid dienone is 2. The Hall–Kier alpha value is -4.24. The molecule has 1 N–H and O–H groups in total. The number of carbonyl (C=O) groups excluding carboxylic acids is 1. The number of para-hydroxylation sites is 1. The van der Waals surface area contributed by atoms with Crippen LogP contribution in [0.5, 0.6) is 0 Å². The highest BCUT2D eigenvalue weighted by atomic mass is 32.2. The van der Waals surface area contributed by atoms with Crippen LogP contribution < -0.4 is 5.43 Å². The summed E-state index contributed by atoms with van der Waals surface area (Å²) in [5, 5.41) is 15.0. The molecule has 1 atom stereocenters. The van der Waals surface area contributed by atoms with Crippen molar-refractivity contribution in [1.82, 2.24) is 5.43 Å². The molecule has 0 bridgehead atoms. The molecule has 0 spiro atoms. The van der Waals surface area contributed by atoms with Gasteiger partial charge in [-0.2, -0.15) is 5.10 Å². The maximum Gasteiger partial charge on any atom is 0.278 e. The van der Waals surface area contributed by atoms with E-state index in [0.717, 1.165) is 27.2 Å². The van der Waals surface area contributed by atoms with E-state index in [1.807, 2.05) is 25.1 Å². The number of hydrogen-bond donors (Lipinski definition) is 1. The summed E-state index contributed by atoms with van der Waals surface area (Å²) in [6, 6.07) is 17.9. The van der Waals surface area contributed by atoms with Crippen LogP contribution in [0.2, 0.25) is 0 Å². The Morgan fingerprint density at radius 1 is 1.11 bits per heavy atom. The minimum absolute atomic E-state index is 0.0540. The summed E-state index contributed by atoms with van der Waals surface area (Å²) in [6.45, 7) is 1.87. The smallest absolute Gasteiger partial charge is 0.273 e. The number of benzene rings is 3. The first-order valence-corrected chi connectivity index (χ1v) is 12.5. The van der Waals surface area contributed by atoms with Gasteiger partial charge >= 0.3 is 0 Å². The molecule has 1 aliphatic rings. The zero-order chi connectivity index (χ0) is 25.8. The highest BCUT2D eigenvalue weighted by molar-refractivity contribution is 7.84. The lowest BCUT2D eigenvalue weighted by atomic mass is 10.0. The van der Waals surface area contributed by atoms with Crippen molar-refractivity contribution in [2.75, 3.05) is 6.26 Å². The molecule has 9 heteroatoms. The van der Waals surface area contributed by atoms with E-state index < -0.39 is 27.4 Å². The van der Waals surface area contributed by atoms with Gasteiger partial charge in [0.25, 0.3) is 5.69 Å². The van der Waals surface area contributed by atoms with Gasteiger partial charge in [0.1, 0.15) is 5.82 Å². The molecule has 0 saturated carbocycles. The Kier molecular flexibility index (Phi) is 7.30. The van der Waals surface area contributed by atoms with Crippen molar-refractivity contribution in [2.45, 2.75) is 18.2 Å². The summed E-state index contributed by atoms with van der Waals surface area (Å²) in [5.41, 5.74) is 7.22. The summed E-state index contributed by atoms with van der Waals surface area (Å²) in [4.78, 5) is 24.0. The topological polar surface area (TPSA) is 102 Å². The Labute approximate surface area is 209 Å². The second-order valence-electron chi connectivity index (χ2n) is 8.16. The molecule has 0 aliphatic heterocycles. The Bertz CT molecular complexity index is 1480. The molecule has 0 radical (unpaired) electrons. The number of carbonyl (C=O) groups is 1. The quantitative estimate of drug-likeness (QED) is 0.267. The van der Waals surface area contributed by atoms with E-state index in [1.165, 1.54) is 30.5 Å². The third kappa shape index (κ3) is 5.36. The second kappa shape index (κ2) is 10.6. The first kappa shape index (κ1) is 24.9. The van der Waals surface area contributed by atoms with Crippen molar-refractivity contribution >= 4 is 45.8 Å². The van der Waals surface area contributed by atoms with Gasteiger partial charge in [0.15, 0.2) is 0 Å². The van der Waals surface area contributed by atoms with Crippen molar-refractivity contribution in [2.24, 2.45) is 5.10 Å². The van der Waals surface area contributed by atoms with E-state index in [9.17, 15) is 23.5 Å². The molecule has 1 aliphatic carbocycles. The number of halogens is 1. The van der Waals surface area contributed by atoms with E-state index in [-0.39, 0.29) is 17.7 Å². The highest BCUT2D eigenvalue weighted by Gasteiger charge is 2.25. The Morgan fingerprint density at radius 2 is 1.83 bits per heavy atom. The van der Waals surface area contributed by atoms with Crippen LogP contribution in [0.3, 0.4) is 0 Å². The van der Waals surface area contributed by atoms with Crippen LogP contribution >= 0.6 is 0 Å². The van der Waals surface area contributed by atoms with Crippen molar-refractivity contribution in [3.63, 3.8) is 0 Å². The van der Waals surface area contributed by atoms with E-state index in [4.69, 9.17) is 0 Å². The van der Waals surface area contributed by atoms with Gasteiger partial charge in [-0.1, -0.05) is 30.3 Å². The number of fused-ring (bicyclic) bond motifs is 1. The average Bonchev–Trinajstić information content (AvgIpc) is 3.09. The van der Waals surface area contributed by atoms with Gasteiger partial charge in [0.2, 0.25) is 5.91 Å². The third-order valence-electron chi connectivity index (χ3n) is 5.84. The summed E-state index contributed by atoms with van der Waals surface area (Å²) >= 11 is 0. The molecule has 0 saturated heterocycles. The lowest BCUT2D eigenvalue weighted by molar-refractivity contribution is -0.385. The zero-order valence-corrected chi connectivity index (χ0v) is 20.3. The number of hydrazone groups is 1. The van der Waals surface area contributed by atoms with Gasteiger partial charge in [-0.05, 0) is 76.7 Å². The number of rotatable bonds is 7. The SMILES string of the molecule is CC1=C(CC(=O)N/N=C\c2ccccc2[N+](=O)[O-])c2cc(F)ccc2/C1=C\c1ccc(S(C)=O)cc1. The summed E-state index contributed by atoms with van der Waals surface area (Å²) in [6.07, 6.45) is 4.73. The molecule has 7 nitrogen and oxygen atoms in total. The molecule has 3 aromatic rings. The molecule has 0 heterocycles. The molecule has 3 aromatic carbocycles. The average molecular weight is 504 g/mol. The van der Waals surface area contributed by atoms with Gasteiger partial charge in [-0.3, -0.25) is 19.1 Å². The summed E-state index contributed by atoms with van der Waals surface area (Å²) in [7, 11) is -1.08. The number of nitrogens with one attached hydrogen (secondary N) is 1. The minimum Gasteiger partial charge on any atom is -0.273 e. The summed E-state index contributed by atoms with van der Waals surface area (Å²) in [5.74, 6) is -0.852. The first-order valence-electron chi connectivity index (χ1n) is 11.0. The van der Waals surface area contributed by atoms with Gasteiger partial charge in [-0.25, -0.2) is 9.82 Å². The van der Waals surface area contributed by atoms with Crippen LogP contribution in [-0.4, -0.2) is 27.5 Å². The maximum absolute atomic E-state index is 14.1. The zero-order valence-electron chi connectivity index (χ0n) is 19.5. The van der Waals surface area contributed by atoms with Crippen molar-refractivity contribution in [3.05, 3.63) is 110 Å². The number of hydrogen-bond acceptors (Lipinski definition) is 5. The fourth-order valence-electron chi connectivity index (χ4n) is 4.04. The molecule has 1 amide bonds. The predicted molar refractivity (Wildman–Crippen MR) is 139 cm³/mol. The number of nitro groups is 1. The summed E-state index contributed by atoms with van der Waals surface area (Å²) < 4.78 is 25.8. The molecular weight excluding hydrogens is 481 g/mol. The van der Waals surface area contributed by atoms with Crippen LogP contribution in [0.15, 0.2) is 82.3 Å². The number of nitro benzene ring substituents is 1. The van der Waals surface area contributed by atoms with Crippen LogP contribution in [-0.2, 0) is 15.6 Å². The van der Waals surface area contributed by atoms with Crippen LogP contribution in [0.1, 0.15) is 35.6 Å². The molecular formula is C27H22FN3O4S. The molecule has 4 rings (SSSR count). The van der Waals surface area contributed by atoms with Gasteiger partial charge in [0, 0.05) is 28.0 Å². The normalized spacial score (nSPS) is 14.8. The first-order chi connectivity index (χ1) is 17.2. The monoisotopic (exact) mass is 503 g/mol. The molecule has 1 unspecified atom stereocenters. The van der Waals surface area contributed by atoms with Gasteiger partial charge in [-0.15, -0.1) is 0 Å². The van der Waals surface area contributed by atoms with Crippen molar-refractivity contribution < 1.29 is 18.3 Å². The van der Waals surface area contributed by atoms with Crippen molar-refractivity contribution in [1.29, 1.82) is 0 Å². The Morgan fingerprint density at radius 3 is 2.53 bits per heavy atom. The molecule has 0 aromatic heterocycles. The minimum atomic E-state index is -1.08. The molecule has 182 valence electrons. The fraction of sp³-hybridized carbons (Fsp3) is 0.111. The number of amides is 1. The fourth-order valence-corrected chi connectivity index (χ4v) is 4.56.